The fourth-order valence-corrected chi connectivity index (χ4v) is 4.03. The van der Waals surface area contributed by atoms with Gasteiger partial charge in [-0.3, -0.25) is 0 Å². The van der Waals surface area contributed by atoms with Crippen LogP contribution >= 0.6 is 11.8 Å². The van der Waals surface area contributed by atoms with Gasteiger partial charge in [-0.2, -0.15) is 11.8 Å². The minimum atomic E-state index is 0.389. The first-order valence-electron chi connectivity index (χ1n) is 6.79. The van der Waals surface area contributed by atoms with Crippen molar-refractivity contribution in [1.82, 2.24) is 15.1 Å². The van der Waals surface area contributed by atoms with E-state index in [-0.39, 0.29) is 0 Å². The standard InChI is InChI=1S/C13H27N3S/c1-15(2)13(5-7-16(3)8-6-13)11-14-12-4-9-17-10-12/h12,14H,4-11H2,1-3H3/t12-/m0/s1. The number of hydrogen-bond donors (Lipinski definition) is 1. The van der Waals surface area contributed by atoms with Crippen molar-refractivity contribution in [3.05, 3.63) is 0 Å². The molecule has 0 aromatic carbocycles. The molecular formula is C13H27N3S. The predicted octanol–water partition coefficient (Wildman–Crippen LogP) is 1.11. The van der Waals surface area contributed by atoms with Crippen LogP contribution in [-0.4, -0.2) is 73.7 Å². The van der Waals surface area contributed by atoms with Gasteiger partial charge in [-0.15, -0.1) is 0 Å². The van der Waals surface area contributed by atoms with E-state index in [1.165, 1.54) is 50.4 Å². The van der Waals surface area contributed by atoms with Gasteiger partial charge in [0.25, 0.3) is 0 Å². The number of nitrogens with zero attached hydrogens (tertiary/aromatic N) is 2. The Kier molecular flexibility index (Phi) is 4.75. The first-order chi connectivity index (χ1) is 8.12. The molecule has 0 spiro atoms. The number of piperidine rings is 1. The molecule has 2 aliphatic heterocycles. The zero-order valence-corrected chi connectivity index (χ0v) is 12.4. The molecule has 0 unspecified atom stereocenters. The second-order valence-electron chi connectivity index (χ2n) is 5.86. The monoisotopic (exact) mass is 257 g/mol. The number of thioether (sulfide) groups is 1. The predicted molar refractivity (Wildman–Crippen MR) is 76.9 cm³/mol. The highest BCUT2D eigenvalue weighted by molar-refractivity contribution is 7.99. The maximum Gasteiger partial charge on any atom is 0.0352 e. The van der Waals surface area contributed by atoms with E-state index in [2.05, 4.69) is 48.0 Å². The first-order valence-corrected chi connectivity index (χ1v) is 7.95. The lowest BCUT2D eigenvalue weighted by Gasteiger charge is -2.46. The van der Waals surface area contributed by atoms with Crippen molar-refractivity contribution in [2.45, 2.75) is 30.8 Å². The van der Waals surface area contributed by atoms with Crippen LogP contribution in [0.25, 0.3) is 0 Å². The maximum absolute atomic E-state index is 3.81. The summed E-state index contributed by atoms with van der Waals surface area (Å²) in [4.78, 5) is 4.91. The van der Waals surface area contributed by atoms with E-state index in [0.717, 1.165) is 6.04 Å². The zero-order chi connectivity index (χ0) is 12.3. The van der Waals surface area contributed by atoms with E-state index < -0.39 is 0 Å². The van der Waals surface area contributed by atoms with Crippen LogP contribution < -0.4 is 5.32 Å². The minimum absolute atomic E-state index is 0.389. The van der Waals surface area contributed by atoms with Crippen LogP contribution in [-0.2, 0) is 0 Å². The summed E-state index contributed by atoms with van der Waals surface area (Å²) in [5.41, 5.74) is 0.389. The summed E-state index contributed by atoms with van der Waals surface area (Å²) in [5.74, 6) is 2.65. The van der Waals surface area contributed by atoms with Gasteiger partial charge in [-0.05, 0) is 59.2 Å². The Hall–Kier alpha value is 0.230. The van der Waals surface area contributed by atoms with Crippen LogP contribution in [0.4, 0.5) is 0 Å². The van der Waals surface area contributed by atoms with Crippen LogP contribution in [0.15, 0.2) is 0 Å². The molecule has 0 radical (unpaired) electrons. The van der Waals surface area contributed by atoms with Crippen LogP contribution in [0.1, 0.15) is 19.3 Å². The molecule has 0 amide bonds. The molecule has 4 heteroatoms. The summed E-state index contributed by atoms with van der Waals surface area (Å²) in [6, 6.07) is 0.761. The Morgan fingerprint density at radius 3 is 2.59 bits per heavy atom. The van der Waals surface area contributed by atoms with Crippen LogP contribution in [0, 0.1) is 0 Å². The van der Waals surface area contributed by atoms with E-state index >= 15 is 0 Å². The summed E-state index contributed by atoms with van der Waals surface area (Å²) < 4.78 is 0. The van der Waals surface area contributed by atoms with Gasteiger partial charge in [0.15, 0.2) is 0 Å². The fraction of sp³-hybridized carbons (Fsp3) is 1.00. The molecule has 2 rings (SSSR count). The van der Waals surface area contributed by atoms with Crippen LogP contribution in [0.5, 0.6) is 0 Å². The molecular weight excluding hydrogens is 230 g/mol. The summed E-state index contributed by atoms with van der Waals surface area (Å²) in [6.07, 6.45) is 3.95. The third kappa shape index (κ3) is 3.37. The number of likely N-dealkylation sites (tertiary alicyclic amines) is 1. The van der Waals surface area contributed by atoms with Gasteiger partial charge in [-0.25, -0.2) is 0 Å². The maximum atomic E-state index is 3.81. The van der Waals surface area contributed by atoms with Gasteiger partial charge in [0.05, 0.1) is 0 Å². The lowest BCUT2D eigenvalue weighted by atomic mass is 9.86. The molecule has 2 saturated heterocycles. The van der Waals surface area contributed by atoms with Crippen molar-refractivity contribution >= 4 is 11.8 Å². The largest absolute Gasteiger partial charge is 0.311 e. The fourth-order valence-electron chi connectivity index (χ4n) is 2.85. The molecule has 0 aromatic heterocycles. The minimum Gasteiger partial charge on any atom is -0.311 e. The molecule has 0 aromatic rings. The summed E-state index contributed by atoms with van der Waals surface area (Å²) in [7, 11) is 6.73. The molecule has 2 aliphatic rings. The van der Waals surface area contributed by atoms with E-state index in [4.69, 9.17) is 0 Å². The molecule has 2 fully saturated rings. The molecule has 0 aliphatic carbocycles. The first kappa shape index (κ1) is 13.7. The Balaban J connectivity index is 1.87. The van der Waals surface area contributed by atoms with Gasteiger partial charge < -0.3 is 15.1 Å². The lowest BCUT2D eigenvalue weighted by Crippen LogP contribution is -2.58. The second kappa shape index (κ2) is 5.91. The number of likely N-dealkylation sites (N-methyl/N-ethyl adjacent to an activating group) is 1. The van der Waals surface area contributed by atoms with Crippen LogP contribution in [0.2, 0.25) is 0 Å². The Morgan fingerprint density at radius 2 is 2.06 bits per heavy atom. The molecule has 0 saturated carbocycles. The molecule has 100 valence electrons. The van der Waals surface area contributed by atoms with Gasteiger partial charge >= 0.3 is 0 Å². The van der Waals surface area contributed by atoms with Crippen molar-refractivity contribution in [2.75, 3.05) is 52.3 Å². The van der Waals surface area contributed by atoms with Gasteiger partial charge in [0.2, 0.25) is 0 Å². The van der Waals surface area contributed by atoms with Crippen molar-refractivity contribution in [3.63, 3.8) is 0 Å². The van der Waals surface area contributed by atoms with E-state index in [1.54, 1.807) is 0 Å². The zero-order valence-electron chi connectivity index (χ0n) is 11.5. The van der Waals surface area contributed by atoms with Gasteiger partial charge in [0, 0.05) is 23.9 Å². The van der Waals surface area contributed by atoms with Crippen LogP contribution in [0.3, 0.4) is 0 Å². The number of hydrogen-bond acceptors (Lipinski definition) is 4. The highest BCUT2D eigenvalue weighted by Gasteiger charge is 2.36. The Labute approximate surface area is 110 Å². The van der Waals surface area contributed by atoms with Crippen molar-refractivity contribution in [2.24, 2.45) is 0 Å². The quantitative estimate of drug-likeness (QED) is 0.813. The summed E-state index contributed by atoms with van der Waals surface area (Å²) in [5, 5.41) is 3.81. The smallest absolute Gasteiger partial charge is 0.0352 e. The highest BCUT2D eigenvalue weighted by atomic mass is 32.2. The SMILES string of the molecule is CN1CCC(CN[C@H]2CCSC2)(N(C)C)CC1. The topological polar surface area (TPSA) is 18.5 Å². The second-order valence-corrected chi connectivity index (χ2v) is 7.01. The molecule has 17 heavy (non-hydrogen) atoms. The normalized spacial score (nSPS) is 30.0. The van der Waals surface area contributed by atoms with Crippen molar-refractivity contribution in [1.29, 1.82) is 0 Å². The molecule has 1 N–H and O–H groups in total. The third-order valence-corrected chi connectivity index (χ3v) is 5.68. The number of rotatable bonds is 4. The highest BCUT2D eigenvalue weighted by Crippen LogP contribution is 2.27. The van der Waals surface area contributed by atoms with Crippen molar-refractivity contribution < 1.29 is 0 Å². The van der Waals surface area contributed by atoms with Gasteiger partial charge in [0.1, 0.15) is 0 Å². The Bertz CT molecular complexity index is 231. The average Bonchev–Trinajstić information content (AvgIpc) is 2.81. The third-order valence-electron chi connectivity index (χ3n) is 4.52. The average molecular weight is 257 g/mol. The molecule has 2 heterocycles. The summed E-state index contributed by atoms with van der Waals surface area (Å²) >= 11 is 2.09. The molecule has 1 atom stereocenters. The van der Waals surface area contributed by atoms with E-state index in [0.29, 0.717) is 5.54 Å². The van der Waals surface area contributed by atoms with Gasteiger partial charge in [-0.1, -0.05) is 0 Å². The van der Waals surface area contributed by atoms with E-state index in [1.807, 2.05) is 0 Å². The lowest BCUT2D eigenvalue weighted by molar-refractivity contribution is 0.0641. The Morgan fingerprint density at radius 1 is 1.35 bits per heavy atom. The summed E-state index contributed by atoms with van der Waals surface area (Å²) in [6.45, 7) is 3.64. The van der Waals surface area contributed by atoms with Crippen molar-refractivity contribution in [3.8, 4) is 0 Å². The van der Waals surface area contributed by atoms with E-state index in [9.17, 15) is 0 Å². The molecule has 3 nitrogen and oxygen atoms in total. The molecule has 0 bridgehead atoms. The number of nitrogens with one attached hydrogen (secondary N) is 1.